The van der Waals surface area contributed by atoms with Gasteiger partial charge in [-0.1, -0.05) is 0 Å². The Morgan fingerprint density at radius 2 is 1.94 bits per heavy atom. The molecule has 6 heteroatoms. The molecule has 92 valence electrons. The largest absolute Gasteiger partial charge is 0.481 e. The summed E-state index contributed by atoms with van der Waals surface area (Å²) in [5.41, 5.74) is 10.9. The van der Waals surface area contributed by atoms with E-state index in [-0.39, 0.29) is 18.8 Å². The monoisotopic (exact) mass is 230 g/mol. The van der Waals surface area contributed by atoms with Crippen LogP contribution in [0.25, 0.3) is 0 Å². The molecule has 1 unspecified atom stereocenters. The van der Waals surface area contributed by atoms with Gasteiger partial charge in [0, 0.05) is 18.0 Å². The first-order valence-electron chi connectivity index (χ1n) is 5.31. The Labute approximate surface area is 93.6 Å². The highest BCUT2D eigenvalue weighted by atomic mass is 16.4. The lowest BCUT2D eigenvalue weighted by molar-refractivity contribution is -0.141. The molecule has 3 atom stereocenters. The van der Waals surface area contributed by atoms with Gasteiger partial charge in [-0.15, -0.1) is 0 Å². The summed E-state index contributed by atoms with van der Waals surface area (Å²) in [7, 11) is 0. The molecule has 0 bridgehead atoms. The molecule has 0 aromatic carbocycles. The van der Waals surface area contributed by atoms with Crippen LogP contribution in [0.5, 0.6) is 0 Å². The number of nitrogens with two attached hydrogens (primary N) is 2. The number of aliphatic carboxylic acids is 2. The second-order valence-electron chi connectivity index (χ2n) is 4.65. The van der Waals surface area contributed by atoms with Gasteiger partial charge in [-0.3, -0.25) is 9.59 Å². The van der Waals surface area contributed by atoms with Crippen LogP contribution in [-0.4, -0.2) is 33.7 Å². The number of hydrogen-bond donors (Lipinski definition) is 4. The Hall–Kier alpha value is -1.14. The quantitative estimate of drug-likeness (QED) is 0.528. The van der Waals surface area contributed by atoms with E-state index in [1.807, 2.05) is 0 Å². The molecule has 0 radical (unpaired) electrons. The van der Waals surface area contributed by atoms with Gasteiger partial charge in [0.25, 0.3) is 0 Å². The van der Waals surface area contributed by atoms with Gasteiger partial charge in [0.2, 0.25) is 0 Å². The van der Waals surface area contributed by atoms with E-state index in [1.54, 1.807) is 0 Å². The van der Waals surface area contributed by atoms with Crippen molar-refractivity contribution < 1.29 is 19.8 Å². The van der Waals surface area contributed by atoms with Crippen LogP contribution >= 0.6 is 0 Å². The van der Waals surface area contributed by atoms with E-state index < -0.39 is 23.5 Å². The summed E-state index contributed by atoms with van der Waals surface area (Å²) >= 11 is 0. The second kappa shape index (κ2) is 4.80. The molecule has 0 aromatic heterocycles. The van der Waals surface area contributed by atoms with Crippen molar-refractivity contribution in [2.45, 2.75) is 43.7 Å². The maximum atomic E-state index is 10.6. The first kappa shape index (κ1) is 12.9. The zero-order valence-corrected chi connectivity index (χ0v) is 9.06. The molecule has 1 aliphatic rings. The van der Waals surface area contributed by atoms with Crippen molar-refractivity contribution in [3.8, 4) is 0 Å². The highest BCUT2D eigenvalue weighted by Gasteiger charge is 2.40. The van der Waals surface area contributed by atoms with Crippen LogP contribution in [0.4, 0.5) is 0 Å². The molecule has 1 fully saturated rings. The van der Waals surface area contributed by atoms with Gasteiger partial charge >= 0.3 is 11.9 Å². The SMILES string of the molecule is N[C@@H]1CC(CC(=O)O)CC[C@@]1(N)CC(=O)O. The van der Waals surface area contributed by atoms with Gasteiger partial charge in [-0.2, -0.15) is 0 Å². The Morgan fingerprint density at radius 3 is 2.38 bits per heavy atom. The van der Waals surface area contributed by atoms with E-state index in [4.69, 9.17) is 21.7 Å². The van der Waals surface area contributed by atoms with Crippen LogP contribution in [0.1, 0.15) is 32.1 Å². The lowest BCUT2D eigenvalue weighted by Crippen LogP contribution is -2.59. The van der Waals surface area contributed by atoms with Crippen molar-refractivity contribution in [2.75, 3.05) is 0 Å². The van der Waals surface area contributed by atoms with Crippen LogP contribution in [0.3, 0.4) is 0 Å². The van der Waals surface area contributed by atoms with E-state index >= 15 is 0 Å². The van der Waals surface area contributed by atoms with Gasteiger partial charge in [0.05, 0.1) is 6.42 Å². The molecule has 1 aliphatic carbocycles. The van der Waals surface area contributed by atoms with Crippen molar-refractivity contribution >= 4 is 11.9 Å². The predicted octanol–water partition coefficient (Wildman–Crippen LogP) is -0.239. The molecule has 0 amide bonds. The van der Waals surface area contributed by atoms with Gasteiger partial charge in [-0.25, -0.2) is 0 Å². The summed E-state index contributed by atoms with van der Waals surface area (Å²) in [4.78, 5) is 21.2. The molecule has 0 aliphatic heterocycles. The molecule has 0 heterocycles. The molecule has 0 saturated heterocycles. The van der Waals surface area contributed by atoms with Crippen LogP contribution in [0.2, 0.25) is 0 Å². The van der Waals surface area contributed by atoms with E-state index in [2.05, 4.69) is 0 Å². The minimum absolute atomic E-state index is 0.0120. The molecule has 0 aromatic rings. The summed E-state index contributed by atoms with van der Waals surface area (Å²) < 4.78 is 0. The van der Waals surface area contributed by atoms with E-state index in [9.17, 15) is 9.59 Å². The number of rotatable bonds is 4. The summed E-state index contributed by atoms with van der Waals surface area (Å²) in [5.74, 6) is -1.80. The fourth-order valence-electron chi connectivity index (χ4n) is 2.30. The fraction of sp³-hybridized carbons (Fsp3) is 0.800. The Kier molecular flexibility index (Phi) is 3.88. The fourth-order valence-corrected chi connectivity index (χ4v) is 2.30. The summed E-state index contributed by atoms with van der Waals surface area (Å²) in [6, 6.07) is -0.443. The molecule has 1 saturated carbocycles. The Bertz CT molecular complexity index is 295. The van der Waals surface area contributed by atoms with Gasteiger partial charge in [0.1, 0.15) is 0 Å². The van der Waals surface area contributed by atoms with E-state index in [1.165, 1.54) is 0 Å². The normalized spacial score (nSPS) is 34.6. The van der Waals surface area contributed by atoms with Crippen molar-refractivity contribution in [3.05, 3.63) is 0 Å². The highest BCUT2D eigenvalue weighted by molar-refractivity contribution is 5.69. The van der Waals surface area contributed by atoms with Gasteiger partial charge in [0.15, 0.2) is 0 Å². The van der Waals surface area contributed by atoms with Gasteiger partial charge < -0.3 is 21.7 Å². The minimum Gasteiger partial charge on any atom is -0.481 e. The molecular weight excluding hydrogens is 212 g/mol. The second-order valence-corrected chi connectivity index (χ2v) is 4.65. The van der Waals surface area contributed by atoms with Crippen molar-refractivity contribution in [3.63, 3.8) is 0 Å². The topological polar surface area (TPSA) is 127 Å². The Balaban J connectivity index is 2.57. The number of carbonyl (C=O) groups is 2. The maximum Gasteiger partial charge on any atom is 0.305 e. The maximum absolute atomic E-state index is 10.6. The highest BCUT2D eigenvalue weighted by Crippen LogP contribution is 2.33. The molecule has 1 rings (SSSR count). The van der Waals surface area contributed by atoms with Crippen LogP contribution in [0.15, 0.2) is 0 Å². The molecule has 6 nitrogen and oxygen atoms in total. The third-order valence-electron chi connectivity index (χ3n) is 3.29. The third-order valence-corrected chi connectivity index (χ3v) is 3.29. The predicted molar refractivity (Wildman–Crippen MR) is 56.7 cm³/mol. The van der Waals surface area contributed by atoms with Crippen molar-refractivity contribution in [2.24, 2.45) is 17.4 Å². The first-order valence-corrected chi connectivity index (χ1v) is 5.31. The minimum atomic E-state index is -0.963. The first-order chi connectivity index (χ1) is 7.33. The molecule has 6 N–H and O–H groups in total. The lowest BCUT2D eigenvalue weighted by Gasteiger charge is -2.41. The van der Waals surface area contributed by atoms with Crippen molar-refractivity contribution in [1.29, 1.82) is 0 Å². The van der Waals surface area contributed by atoms with Gasteiger partial charge in [-0.05, 0) is 25.2 Å². The number of hydrogen-bond acceptors (Lipinski definition) is 4. The molecule has 16 heavy (non-hydrogen) atoms. The van der Waals surface area contributed by atoms with Crippen LogP contribution < -0.4 is 11.5 Å². The standard InChI is InChI=1S/C10H18N2O4/c11-7-3-6(4-8(13)14)1-2-10(7,12)5-9(15)16/h6-7H,1-5,11-12H2,(H,13,14)(H,15,16)/t6?,7-,10-/m1/s1. The van der Waals surface area contributed by atoms with Crippen LogP contribution in [-0.2, 0) is 9.59 Å². The van der Waals surface area contributed by atoms with E-state index in [0.29, 0.717) is 19.3 Å². The van der Waals surface area contributed by atoms with E-state index in [0.717, 1.165) is 0 Å². The Morgan fingerprint density at radius 1 is 1.31 bits per heavy atom. The number of carboxylic acid groups (broad SMARTS) is 2. The summed E-state index contributed by atoms with van der Waals surface area (Å²) in [6.07, 6.45) is 1.50. The third kappa shape index (κ3) is 3.18. The molecular formula is C10H18N2O4. The summed E-state index contributed by atoms with van der Waals surface area (Å²) in [6.45, 7) is 0. The van der Waals surface area contributed by atoms with Crippen molar-refractivity contribution in [1.82, 2.24) is 0 Å². The average molecular weight is 230 g/mol. The summed E-state index contributed by atoms with van der Waals surface area (Å²) in [5, 5.41) is 17.4. The lowest BCUT2D eigenvalue weighted by atomic mass is 9.71. The smallest absolute Gasteiger partial charge is 0.305 e. The number of carboxylic acids is 2. The molecule has 0 spiro atoms. The van der Waals surface area contributed by atoms with Crippen LogP contribution in [0, 0.1) is 5.92 Å². The zero-order chi connectivity index (χ0) is 12.3. The zero-order valence-electron chi connectivity index (χ0n) is 9.06. The average Bonchev–Trinajstić information content (AvgIpc) is 2.10.